The number of benzene rings is 9. The monoisotopic (exact) mass is 921 g/mol. The van der Waals surface area contributed by atoms with Crippen molar-refractivity contribution in [3.05, 3.63) is 223 Å². The molecule has 9 aromatic carbocycles. The summed E-state index contributed by atoms with van der Waals surface area (Å²) in [4.78, 5) is 10.8. The third-order valence-electron chi connectivity index (χ3n) is 13.9. The zero-order chi connectivity index (χ0) is 47.7. The van der Waals surface area contributed by atoms with Crippen LogP contribution in [-0.2, 0) is 10.8 Å². The maximum atomic E-state index is 5.52. The van der Waals surface area contributed by atoms with E-state index in [2.05, 4.69) is 256 Å². The second kappa shape index (κ2) is 16.9. The van der Waals surface area contributed by atoms with Crippen LogP contribution in [0, 0.1) is 0 Å². The van der Waals surface area contributed by atoms with Gasteiger partial charge in [0.1, 0.15) is 0 Å². The molecule has 0 aliphatic rings. The van der Waals surface area contributed by atoms with Gasteiger partial charge in [0.25, 0.3) is 11.5 Å². The van der Waals surface area contributed by atoms with E-state index in [1.165, 1.54) is 44.2 Å². The van der Waals surface area contributed by atoms with Crippen molar-refractivity contribution in [1.29, 1.82) is 0 Å². The summed E-state index contributed by atoms with van der Waals surface area (Å²) in [6.45, 7) is 13.7. The summed E-state index contributed by atoms with van der Waals surface area (Å²) in [6, 6.07) is 77.7. The smallest absolute Gasteiger partial charge is 0.308 e. The van der Waals surface area contributed by atoms with Crippen molar-refractivity contribution in [3.63, 3.8) is 0 Å². The molecule has 12 aromatic rings. The minimum absolute atomic E-state index is 0.0128. The molecule has 0 aliphatic heterocycles. The molecule has 0 amide bonds. The van der Waals surface area contributed by atoms with Crippen LogP contribution in [0.4, 0.5) is 0 Å². The minimum atomic E-state index is -0.0128. The third-order valence-corrected chi connectivity index (χ3v) is 14.9. The van der Waals surface area contributed by atoms with Gasteiger partial charge in [0, 0.05) is 33.4 Å². The van der Waals surface area contributed by atoms with Crippen LogP contribution in [0.3, 0.4) is 0 Å². The van der Waals surface area contributed by atoms with Crippen molar-refractivity contribution in [2.45, 2.75) is 52.4 Å². The van der Waals surface area contributed by atoms with Crippen LogP contribution < -0.4 is 3.79 Å². The van der Waals surface area contributed by atoms with Crippen LogP contribution in [0.1, 0.15) is 52.7 Å². The standard InChI is InChI=1S/C65H53N4S/c1-64(2,3)50-32-26-44(27-33-50)53-40-49(62-66-61(46-22-14-9-15-23-46)67-63-52-24-16-17-25-59(52)70-69(62)63)41-54(45-28-34-51(35-29-45)65(4,5)6)60(53)68-57-36-30-47(42-18-10-7-11-19-42)38-55(57)56-39-48(31-37-58(56)68)43-20-12-8-13-21-43/h7-41H,1-6H3/q+1. The predicted octanol–water partition coefficient (Wildman–Crippen LogP) is 17.1. The van der Waals surface area contributed by atoms with Crippen molar-refractivity contribution in [3.8, 4) is 73.0 Å². The van der Waals surface area contributed by atoms with Crippen LogP contribution >= 0.6 is 11.5 Å². The zero-order valence-electron chi connectivity index (χ0n) is 40.4. The number of hydrogen-bond acceptors (Lipinski definition) is 3. The number of fused-ring (bicyclic) bond motifs is 6. The zero-order valence-corrected chi connectivity index (χ0v) is 41.2. The van der Waals surface area contributed by atoms with Gasteiger partial charge in [0.2, 0.25) is 0 Å². The van der Waals surface area contributed by atoms with Gasteiger partial charge in [-0.05, 0) is 116 Å². The van der Waals surface area contributed by atoms with E-state index in [4.69, 9.17) is 9.97 Å². The van der Waals surface area contributed by atoms with Crippen LogP contribution in [0.2, 0.25) is 0 Å². The highest BCUT2D eigenvalue weighted by molar-refractivity contribution is 7.10. The largest absolute Gasteiger partial charge is 0.308 e. The molecule has 3 heterocycles. The molecule has 0 fully saturated rings. The topological polar surface area (TPSA) is 34.8 Å². The van der Waals surface area contributed by atoms with Gasteiger partial charge in [0.05, 0.1) is 37.9 Å². The number of hydrogen-bond donors (Lipinski definition) is 0. The van der Waals surface area contributed by atoms with Crippen molar-refractivity contribution in [1.82, 2.24) is 14.5 Å². The van der Waals surface area contributed by atoms with Gasteiger partial charge in [-0.25, -0.2) is 0 Å². The molecule has 0 atom stereocenters. The average molecular weight is 922 g/mol. The van der Waals surface area contributed by atoms with E-state index in [0.29, 0.717) is 5.82 Å². The van der Waals surface area contributed by atoms with Gasteiger partial charge in [0.15, 0.2) is 0 Å². The molecule has 0 saturated heterocycles. The predicted molar refractivity (Wildman–Crippen MR) is 295 cm³/mol. The van der Waals surface area contributed by atoms with Gasteiger partial charge < -0.3 is 4.57 Å². The lowest BCUT2D eigenvalue weighted by atomic mass is 9.84. The molecular weight excluding hydrogens is 869 g/mol. The molecule has 0 unspecified atom stereocenters. The maximum Gasteiger partial charge on any atom is 0.308 e. The Hall–Kier alpha value is -7.99. The summed E-state index contributed by atoms with van der Waals surface area (Å²) in [5.41, 5.74) is 18.1. The first-order valence-electron chi connectivity index (χ1n) is 24.2. The Labute approximate surface area is 414 Å². The lowest BCUT2D eigenvalue weighted by Crippen LogP contribution is -2.23. The molecule has 0 spiro atoms. The molecule has 5 heteroatoms. The molecule has 0 aliphatic carbocycles. The van der Waals surface area contributed by atoms with Crippen LogP contribution in [-0.4, -0.2) is 14.5 Å². The van der Waals surface area contributed by atoms with Crippen molar-refractivity contribution < 1.29 is 3.79 Å². The maximum absolute atomic E-state index is 5.52. The Morgan fingerprint density at radius 1 is 0.386 bits per heavy atom. The molecule has 0 radical (unpaired) electrons. The number of rotatable bonds is 7. The first-order valence-corrected chi connectivity index (χ1v) is 25.0. The first-order chi connectivity index (χ1) is 34.0. The minimum Gasteiger partial charge on any atom is -0.308 e. The summed E-state index contributed by atoms with van der Waals surface area (Å²) < 4.78 is 5.93. The van der Waals surface area contributed by atoms with Gasteiger partial charge >= 0.3 is 5.82 Å². The highest BCUT2D eigenvalue weighted by atomic mass is 32.1. The fraction of sp³-hybridized carbons (Fsp3) is 0.123. The molecule has 338 valence electrons. The fourth-order valence-corrected chi connectivity index (χ4v) is 11.1. The van der Waals surface area contributed by atoms with Crippen LogP contribution in [0.5, 0.6) is 0 Å². The lowest BCUT2D eigenvalue weighted by molar-refractivity contribution is -0.424. The van der Waals surface area contributed by atoms with E-state index in [-0.39, 0.29) is 10.8 Å². The molecule has 70 heavy (non-hydrogen) atoms. The third kappa shape index (κ3) is 7.67. The quantitative estimate of drug-likeness (QED) is 0.149. The van der Waals surface area contributed by atoms with Gasteiger partial charge in [-0.1, -0.05) is 203 Å². The van der Waals surface area contributed by atoms with Gasteiger partial charge in [-0.3, -0.25) is 0 Å². The fourth-order valence-electron chi connectivity index (χ4n) is 10.0. The summed E-state index contributed by atoms with van der Waals surface area (Å²) in [5, 5.41) is 3.51. The Morgan fingerprint density at radius 2 is 0.829 bits per heavy atom. The summed E-state index contributed by atoms with van der Waals surface area (Å²) in [7, 11) is 0. The molecule has 12 rings (SSSR count). The first kappa shape index (κ1) is 43.3. The lowest BCUT2D eigenvalue weighted by Gasteiger charge is -2.23. The highest BCUT2D eigenvalue weighted by Crippen LogP contribution is 2.46. The Balaban J connectivity index is 1.23. The normalized spacial score (nSPS) is 12.1. The van der Waals surface area contributed by atoms with E-state index < -0.39 is 0 Å². The molecule has 0 saturated carbocycles. The highest BCUT2D eigenvalue weighted by Gasteiger charge is 2.29. The van der Waals surface area contributed by atoms with E-state index in [9.17, 15) is 0 Å². The second-order valence-corrected chi connectivity index (χ2v) is 21.5. The van der Waals surface area contributed by atoms with E-state index in [0.717, 1.165) is 71.7 Å². The number of aromatic nitrogens is 4. The Morgan fingerprint density at radius 3 is 1.31 bits per heavy atom. The molecular formula is C65H53N4S+. The summed E-state index contributed by atoms with van der Waals surface area (Å²) in [5.74, 6) is 1.54. The summed E-state index contributed by atoms with van der Waals surface area (Å²) in [6.07, 6.45) is 0. The SMILES string of the molecule is CC(C)(C)c1ccc(-c2cc(-c3nc(-c4ccccc4)nc4c5ccccc5s[n+]34)cc(-c3ccc(C(C)(C)C)cc3)c2-n2c3ccc(-c4ccccc4)cc3c3cc(-c4ccccc4)ccc32)cc1. The Kier molecular flexibility index (Phi) is 10.5. The molecule has 4 nitrogen and oxygen atoms in total. The van der Waals surface area contributed by atoms with Crippen molar-refractivity contribution in [2.24, 2.45) is 0 Å². The number of nitrogens with zero attached hydrogens (tertiary/aromatic N) is 4. The second-order valence-electron chi connectivity index (χ2n) is 20.5. The van der Waals surface area contributed by atoms with E-state index in [1.54, 1.807) is 11.5 Å². The van der Waals surface area contributed by atoms with Crippen LogP contribution in [0.15, 0.2) is 212 Å². The van der Waals surface area contributed by atoms with Gasteiger partial charge in [-0.2, -0.15) is 0 Å². The van der Waals surface area contributed by atoms with Crippen molar-refractivity contribution >= 4 is 49.1 Å². The Bertz CT molecular complexity index is 3740. The molecule has 0 bridgehead atoms. The molecule has 3 aromatic heterocycles. The summed E-state index contributed by atoms with van der Waals surface area (Å²) >= 11 is 1.69. The van der Waals surface area contributed by atoms with E-state index >= 15 is 0 Å². The van der Waals surface area contributed by atoms with Gasteiger partial charge in [-0.15, -0.1) is 3.79 Å². The average Bonchev–Trinajstić information content (AvgIpc) is 3.93. The molecule has 0 N–H and O–H groups in total. The van der Waals surface area contributed by atoms with Crippen molar-refractivity contribution in [2.75, 3.05) is 0 Å². The van der Waals surface area contributed by atoms with E-state index in [1.807, 2.05) is 6.07 Å². The van der Waals surface area contributed by atoms with Crippen LogP contribution in [0.25, 0.3) is 111 Å².